The molecule has 0 saturated carbocycles. The van der Waals surface area contributed by atoms with E-state index in [1.54, 1.807) is 0 Å². The van der Waals surface area contributed by atoms with Gasteiger partial charge in [-0.05, 0) is 0 Å². The Balaban J connectivity index is 2.50. The number of rotatable bonds is 2. The van der Waals surface area contributed by atoms with Crippen molar-refractivity contribution in [1.29, 1.82) is 0 Å². The molecule has 0 spiro atoms. The maximum atomic E-state index is 12.4. The second-order valence-electron chi connectivity index (χ2n) is 3.96. The third kappa shape index (κ3) is 3.23. The van der Waals surface area contributed by atoms with Crippen molar-refractivity contribution < 1.29 is 47.6 Å². The van der Waals surface area contributed by atoms with Gasteiger partial charge in [-0.15, -0.1) is 0 Å². The van der Waals surface area contributed by atoms with Crippen molar-refractivity contribution >= 4 is 60.6 Å². The Kier molecular flexibility index (Phi) is 5.63. The average molecular weight is 493 g/mol. The zero-order chi connectivity index (χ0) is 11.5. The van der Waals surface area contributed by atoms with E-state index < -0.39 is 0 Å². The molecule has 0 aliphatic carbocycles. The first kappa shape index (κ1) is 13.8. The van der Waals surface area contributed by atoms with E-state index in [9.17, 15) is 4.79 Å². The zero-order valence-electron chi connectivity index (χ0n) is 9.53. The molecule has 2 rings (SSSR count). The molecule has 0 aliphatic heterocycles. The number of hydrogen-bond donors (Lipinski definition) is 0. The number of carbonyl (C=O) groups excluding carboxylic acids is 1. The van der Waals surface area contributed by atoms with E-state index in [2.05, 4.69) is 18.2 Å². The Morgan fingerprint density at radius 2 is 1.69 bits per heavy atom. The van der Waals surface area contributed by atoms with Crippen LogP contribution in [-0.2, 0) is 0 Å². The van der Waals surface area contributed by atoms with Gasteiger partial charge >= 0.3 is 168 Å². The van der Waals surface area contributed by atoms with Gasteiger partial charge in [-0.3, -0.25) is 0 Å². The fraction of sp³-hybridized carbons (Fsp3) is 0. The third-order valence-electron chi connectivity index (χ3n) is 2.74. The summed E-state index contributed by atoms with van der Waals surface area (Å²) in [5, 5.41) is 0. The SMILES string of the molecule is O=C(c1ccccc1)c1[c]([Rb])ccc[c]1[RaH]. The monoisotopic (exact) mass is 492 g/mol. The van der Waals surface area contributed by atoms with Gasteiger partial charge < -0.3 is 0 Å². The van der Waals surface area contributed by atoms with Gasteiger partial charge in [0.1, 0.15) is 0 Å². The molecule has 0 unspecified atom stereocenters. The molecular formula is C13H9ORaRb. The molecule has 0 atom stereocenters. The van der Waals surface area contributed by atoms with Crippen LogP contribution < -0.4 is -0.764 Å². The second kappa shape index (κ2) is 6.52. The topological polar surface area (TPSA) is 17.1 Å². The van der Waals surface area contributed by atoms with Gasteiger partial charge in [-0.25, -0.2) is 0 Å². The molecule has 0 bridgehead atoms. The molecule has 1 nitrogen and oxygen atoms in total. The molecule has 2 aromatic rings. The Labute approximate surface area is 163 Å². The van der Waals surface area contributed by atoms with E-state index in [1.165, 1.54) is -0.764 Å². The van der Waals surface area contributed by atoms with Crippen LogP contribution in [0, 0.1) is 42.8 Å². The number of benzene rings is 2. The van der Waals surface area contributed by atoms with E-state index in [1.807, 2.05) is 30.3 Å². The minimum atomic E-state index is 0.217. The predicted octanol–water partition coefficient (Wildman–Crippen LogP) is 0.618. The molecule has 0 radical (unpaired) electrons. The summed E-state index contributed by atoms with van der Waals surface area (Å²) in [5.41, 5.74) is 1.84. The Morgan fingerprint density at radius 1 is 1.00 bits per heavy atom. The fourth-order valence-corrected chi connectivity index (χ4v) is 12.3. The number of carbonyl (C=O) groups is 1. The Hall–Kier alpha value is 1.38. The van der Waals surface area contributed by atoms with Crippen molar-refractivity contribution in [1.82, 2.24) is 0 Å². The molecule has 3 heteroatoms. The van der Waals surface area contributed by atoms with Gasteiger partial charge in [0, 0.05) is 0 Å². The summed E-state index contributed by atoms with van der Waals surface area (Å²) >= 11 is 0.624. The fourth-order valence-electron chi connectivity index (χ4n) is 1.91. The molecule has 0 saturated heterocycles. The van der Waals surface area contributed by atoms with Gasteiger partial charge in [0.2, 0.25) is 0 Å². The van der Waals surface area contributed by atoms with Crippen LogP contribution in [0.4, 0.5) is 0 Å². The summed E-state index contributed by atoms with van der Waals surface area (Å²) in [7, 11) is 0. The Morgan fingerprint density at radius 3 is 2.31 bits per heavy atom. The molecule has 2 aromatic carbocycles. The van der Waals surface area contributed by atoms with E-state index in [0.29, 0.717) is 55.5 Å². The van der Waals surface area contributed by atoms with Gasteiger partial charge in [0.25, 0.3) is 0 Å². The summed E-state index contributed by atoms with van der Waals surface area (Å²) in [5.74, 6) is 0.217. The van der Waals surface area contributed by atoms with Crippen molar-refractivity contribution in [3.05, 3.63) is 59.7 Å². The van der Waals surface area contributed by atoms with Gasteiger partial charge in [0.05, 0.1) is 0 Å². The minimum absolute atomic E-state index is 0.217. The first-order valence-corrected chi connectivity index (χ1v) is 11.9. The number of hydrogen-bond acceptors (Lipinski definition) is 1. The van der Waals surface area contributed by atoms with Gasteiger partial charge in [-0.2, -0.15) is 0 Å². The van der Waals surface area contributed by atoms with E-state index >= 15 is 0 Å². The maximum absolute atomic E-state index is 12.4. The van der Waals surface area contributed by atoms with Gasteiger partial charge in [-0.1, -0.05) is 0 Å². The zero-order valence-corrected chi connectivity index (χ0v) is 22.7. The molecule has 16 heavy (non-hydrogen) atoms. The van der Waals surface area contributed by atoms with Crippen molar-refractivity contribution in [2.45, 2.75) is 0 Å². The van der Waals surface area contributed by atoms with Crippen LogP contribution in [0.3, 0.4) is 0 Å². The quantitative estimate of drug-likeness (QED) is 0.562. The van der Waals surface area contributed by atoms with Crippen LogP contribution in [0.25, 0.3) is 0 Å². The van der Waals surface area contributed by atoms with Crippen molar-refractivity contribution in [3.63, 3.8) is 0 Å². The average Bonchev–Trinajstić information content (AvgIpc) is 2.30. The van der Waals surface area contributed by atoms with Crippen LogP contribution in [0.1, 0.15) is 15.9 Å². The normalized spacial score (nSPS) is 10.1. The molecule has 0 fully saturated rings. The van der Waals surface area contributed by atoms with Crippen LogP contribution in [0.15, 0.2) is 48.5 Å². The van der Waals surface area contributed by atoms with Crippen molar-refractivity contribution in [2.24, 2.45) is 0 Å². The number of ketones is 1. The van der Waals surface area contributed by atoms with Crippen LogP contribution in [0.2, 0.25) is 0 Å². The first-order valence-electron chi connectivity index (χ1n) is 5.36. The standard InChI is InChI=1S/C13H8O.Ra.Rb.H/c14-13(11-7-3-1-4-8-11)12-9-5-2-6-10-12;;;/h1-8H;;;. The second-order valence-corrected chi connectivity index (χ2v) is 11.0. The van der Waals surface area contributed by atoms with Gasteiger partial charge in [0.15, 0.2) is 0 Å². The van der Waals surface area contributed by atoms with Crippen LogP contribution in [0.5, 0.6) is 0 Å². The molecule has 0 aliphatic rings. The summed E-state index contributed by atoms with van der Waals surface area (Å²) in [6.07, 6.45) is 0. The van der Waals surface area contributed by atoms with Crippen molar-refractivity contribution in [3.8, 4) is 0 Å². The van der Waals surface area contributed by atoms with Crippen LogP contribution >= 0.6 is 0 Å². The molecular weight excluding hydrogens is 484 g/mol. The Bertz CT molecular complexity index is 502. The summed E-state index contributed by atoms with van der Waals surface area (Å²) in [6.45, 7) is 0. The molecule has 0 amide bonds. The third-order valence-corrected chi connectivity index (χ3v) is 8.22. The van der Waals surface area contributed by atoms with Crippen molar-refractivity contribution in [2.75, 3.05) is 0 Å². The van der Waals surface area contributed by atoms with E-state index in [-0.39, 0.29) is 48.6 Å². The molecule has 0 heterocycles. The molecule has 0 N–H and O–H groups in total. The molecule has 70 valence electrons. The molecule has 0 aromatic heterocycles. The van der Waals surface area contributed by atoms with Crippen LogP contribution in [-0.4, -0.2) is 61.3 Å². The summed E-state index contributed by atoms with van der Waals surface area (Å²) in [6, 6.07) is 15.9. The summed E-state index contributed by atoms with van der Waals surface area (Å²) in [4.78, 5) is 12.4. The first-order chi connectivity index (χ1) is 7.70. The predicted molar refractivity (Wildman–Crippen MR) is 62.7 cm³/mol. The summed E-state index contributed by atoms with van der Waals surface area (Å²) < 4.78 is 2.62. The van der Waals surface area contributed by atoms with E-state index in [0.717, 1.165) is 11.1 Å². The van der Waals surface area contributed by atoms with E-state index in [4.69, 9.17) is 0 Å².